The highest BCUT2D eigenvalue weighted by atomic mass is 32.2. The Morgan fingerprint density at radius 2 is 1.28 bits per heavy atom. The van der Waals surface area contributed by atoms with E-state index in [1.165, 1.54) is 0 Å². The summed E-state index contributed by atoms with van der Waals surface area (Å²) < 4.78 is 33.0. The Morgan fingerprint density at radius 1 is 0.719 bits per heavy atom. The number of nitrogens with zero attached hydrogens (tertiary/aromatic N) is 1. The topological polar surface area (TPSA) is 46.6 Å². The van der Waals surface area contributed by atoms with Crippen LogP contribution in [0, 0.1) is 0 Å². The van der Waals surface area contributed by atoms with Gasteiger partial charge in [-0.2, -0.15) is 0 Å². The Hall–Kier alpha value is -3.22. The average molecular weight is 461 g/mol. The first kappa shape index (κ1) is 20.7. The number of ether oxygens (including phenoxy) is 1. The van der Waals surface area contributed by atoms with E-state index in [0.717, 1.165) is 26.1 Å². The van der Waals surface area contributed by atoms with Gasteiger partial charge in [-0.25, -0.2) is 8.42 Å². The maximum atomic E-state index is 13.7. The molecule has 5 rings (SSSR count). The third kappa shape index (κ3) is 3.27. The fraction of sp³-hybridized carbons (Fsp3) is 0.0769. The molecule has 160 valence electrons. The minimum Gasteiger partial charge on any atom is -0.497 e. The SMILES string of the molecule is COc1ccc(S(=O)(=O)c2ccccc2)c([S+]2c3ccccc3N(C)c3ccccc32)c1. The molecule has 0 amide bonds. The zero-order valence-corrected chi connectivity index (χ0v) is 19.4. The van der Waals surface area contributed by atoms with Crippen molar-refractivity contribution in [1.29, 1.82) is 0 Å². The first-order chi connectivity index (χ1) is 15.5. The lowest BCUT2D eigenvalue weighted by atomic mass is 10.2. The standard InChI is InChI=1S/C26H22NO3S2/c1-27-21-12-6-8-14-23(21)31(24-15-9-7-13-22(24)27)25-18-19(30-2)16-17-26(25)32(28,29)20-10-4-3-5-11-20/h3-18H,1-2H3/q+1. The van der Waals surface area contributed by atoms with E-state index >= 15 is 0 Å². The van der Waals surface area contributed by atoms with Crippen LogP contribution in [0.5, 0.6) is 5.75 Å². The van der Waals surface area contributed by atoms with Gasteiger partial charge in [-0.3, -0.25) is 0 Å². The molecule has 0 saturated heterocycles. The van der Waals surface area contributed by atoms with E-state index < -0.39 is 20.7 Å². The fourth-order valence-corrected chi connectivity index (χ4v) is 8.41. The van der Waals surface area contributed by atoms with Gasteiger partial charge in [-0.1, -0.05) is 42.5 Å². The van der Waals surface area contributed by atoms with Crippen LogP contribution in [0.2, 0.25) is 0 Å². The van der Waals surface area contributed by atoms with Crippen LogP contribution in [0.3, 0.4) is 0 Å². The van der Waals surface area contributed by atoms with Crippen molar-refractivity contribution in [2.24, 2.45) is 0 Å². The summed E-state index contributed by atoms with van der Waals surface area (Å²) in [5.74, 6) is 0.633. The second kappa shape index (κ2) is 8.04. The fourth-order valence-electron chi connectivity index (χ4n) is 4.02. The molecule has 4 nitrogen and oxygen atoms in total. The summed E-state index contributed by atoms with van der Waals surface area (Å²) in [5.41, 5.74) is 2.14. The van der Waals surface area contributed by atoms with Crippen LogP contribution >= 0.6 is 0 Å². The summed E-state index contributed by atoms with van der Waals surface area (Å²) in [6.45, 7) is 0. The van der Waals surface area contributed by atoms with Crippen LogP contribution in [0.15, 0.2) is 122 Å². The molecule has 0 spiro atoms. The molecule has 4 aromatic carbocycles. The number of rotatable bonds is 4. The van der Waals surface area contributed by atoms with Crippen molar-refractivity contribution in [3.8, 4) is 5.75 Å². The lowest BCUT2D eigenvalue weighted by Crippen LogP contribution is -2.23. The summed E-state index contributed by atoms with van der Waals surface area (Å²) in [7, 11) is -0.699. The van der Waals surface area contributed by atoms with Gasteiger partial charge in [0.15, 0.2) is 14.7 Å². The Bertz CT molecular complexity index is 1350. The molecule has 0 atom stereocenters. The second-order valence-corrected chi connectivity index (χ2v) is 11.3. The van der Waals surface area contributed by atoms with E-state index in [1.807, 2.05) is 43.4 Å². The van der Waals surface area contributed by atoms with Gasteiger partial charge in [0.2, 0.25) is 9.84 Å². The van der Waals surface area contributed by atoms with Crippen LogP contribution < -0.4 is 9.64 Å². The van der Waals surface area contributed by atoms with Gasteiger partial charge in [-0.05, 0) is 48.5 Å². The zero-order valence-electron chi connectivity index (χ0n) is 17.7. The van der Waals surface area contributed by atoms with Crippen molar-refractivity contribution in [3.05, 3.63) is 97.1 Å². The molecule has 0 fully saturated rings. The predicted molar refractivity (Wildman–Crippen MR) is 128 cm³/mol. The van der Waals surface area contributed by atoms with Crippen LogP contribution in [-0.2, 0) is 20.7 Å². The molecular weight excluding hydrogens is 438 g/mol. The monoisotopic (exact) mass is 460 g/mol. The summed E-state index contributed by atoms with van der Waals surface area (Å²) in [6.07, 6.45) is 0. The highest BCUT2D eigenvalue weighted by Crippen LogP contribution is 2.49. The first-order valence-electron chi connectivity index (χ1n) is 10.2. The molecule has 0 bridgehead atoms. The van der Waals surface area contributed by atoms with Crippen molar-refractivity contribution in [2.75, 3.05) is 19.1 Å². The normalized spacial score (nSPS) is 13.4. The molecular formula is C26H22NO3S2+. The van der Waals surface area contributed by atoms with E-state index in [0.29, 0.717) is 10.6 Å². The third-order valence-electron chi connectivity index (χ3n) is 5.61. The van der Waals surface area contributed by atoms with Crippen molar-refractivity contribution in [2.45, 2.75) is 24.5 Å². The van der Waals surface area contributed by atoms with Gasteiger partial charge in [0.05, 0.1) is 23.4 Å². The number of anilines is 2. The largest absolute Gasteiger partial charge is 0.497 e. The quantitative estimate of drug-likeness (QED) is 0.366. The number of benzene rings is 4. The summed E-state index contributed by atoms with van der Waals surface area (Å²) in [6, 6.07) is 30.2. The zero-order chi connectivity index (χ0) is 22.3. The Kier molecular flexibility index (Phi) is 5.19. The van der Waals surface area contributed by atoms with Gasteiger partial charge in [0.25, 0.3) is 0 Å². The number of fused-ring (bicyclic) bond motifs is 2. The molecule has 32 heavy (non-hydrogen) atoms. The molecule has 1 heterocycles. The number of hydrogen-bond acceptors (Lipinski definition) is 4. The van der Waals surface area contributed by atoms with Gasteiger partial charge >= 0.3 is 0 Å². The lowest BCUT2D eigenvalue weighted by Gasteiger charge is -2.28. The van der Waals surface area contributed by atoms with Gasteiger partial charge in [-0.15, -0.1) is 0 Å². The minimum atomic E-state index is -3.72. The van der Waals surface area contributed by atoms with Crippen LogP contribution in [0.1, 0.15) is 0 Å². The molecule has 0 N–H and O–H groups in total. The second-order valence-electron chi connectivity index (χ2n) is 7.43. The number of sulfone groups is 1. The molecule has 4 aromatic rings. The maximum Gasteiger partial charge on any atom is 0.211 e. The number of para-hydroxylation sites is 2. The van der Waals surface area contributed by atoms with Crippen LogP contribution in [0.4, 0.5) is 11.4 Å². The highest BCUT2D eigenvalue weighted by molar-refractivity contribution is 7.98. The Balaban J connectivity index is 1.82. The molecule has 0 saturated carbocycles. The van der Waals surface area contributed by atoms with E-state index in [-0.39, 0.29) is 4.90 Å². The molecule has 6 heteroatoms. The third-order valence-corrected chi connectivity index (χ3v) is 9.91. The molecule has 0 unspecified atom stereocenters. The van der Waals surface area contributed by atoms with Crippen molar-refractivity contribution in [1.82, 2.24) is 0 Å². The van der Waals surface area contributed by atoms with E-state index in [9.17, 15) is 8.42 Å². The summed E-state index contributed by atoms with van der Waals surface area (Å²) in [5, 5.41) is 0. The minimum absolute atomic E-state index is 0.283. The Morgan fingerprint density at radius 3 is 1.88 bits per heavy atom. The smallest absolute Gasteiger partial charge is 0.211 e. The van der Waals surface area contributed by atoms with Gasteiger partial charge in [0.1, 0.15) is 21.5 Å². The number of methoxy groups -OCH3 is 1. The van der Waals surface area contributed by atoms with Crippen molar-refractivity contribution >= 4 is 32.1 Å². The van der Waals surface area contributed by atoms with Crippen LogP contribution in [-0.4, -0.2) is 22.6 Å². The molecule has 0 aromatic heterocycles. The molecule has 1 aliphatic heterocycles. The molecule has 0 aliphatic carbocycles. The van der Waals surface area contributed by atoms with E-state index in [1.54, 1.807) is 43.5 Å². The molecule has 1 aliphatic rings. The summed E-state index contributed by atoms with van der Waals surface area (Å²) >= 11 is 0. The maximum absolute atomic E-state index is 13.7. The Labute approximate surface area is 191 Å². The van der Waals surface area contributed by atoms with E-state index in [2.05, 4.69) is 29.2 Å². The van der Waals surface area contributed by atoms with Gasteiger partial charge < -0.3 is 9.64 Å². The van der Waals surface area contributed by atoms with Crippen molar-refractivity contribution < 1.29 is 13.2 Å². The predicted octanol–water partition coefficient (Wildman–Crippen LogP) is 5.70. The summed E-state index contributed by atoms with van der Waals surface area (Å²) in [4.78, 5) is 5.67. The number of hydrogen-bond donors (Lipinski definition) is 0. The molecule has 0 radical (unpaired) electrons. The van der Waals surface area contributed by atoms with Crippen molar-refractivity contribution in [3.63, 3.8) is 0 Å². The first-order valence-corrected chi connectivity index (χ1v) is 12.9. The lowest BCUT2D eigenvalue weighted by molar-refractivity contribution is 0.413. The van der Waals surface area contributed by atoms with Gasteiger partial charge in [0, 0.05) is 13.1 Å². The highest BCUT2D eigenvalue weighted by Gasteiger charge is 2.43. The average Bonchev–Trinajstić information content (AvgIpc) is 2.84. The van der Waals surface area contributed by atoms with Crippen LogP contribution in [0.25, 0.3) is 0 Å². The van der Waals surface area contributed by atoms with E-state index in [4.69, 9.17) is 4.74 Å².